The Morgan fingerprint density at radius 2 is 2.29 bits per heavy atom. The monoisotopic (exact) mass is 197 g/mol. The minimum Gasteiger partial charge on any atom is -0.354 e. The van der Waals surface area contributed by atoms with E-state index in [4.69, 9.17) is 5.73 Å². The molecule has 0 spiro atoms. The first-order valence-corrected chi connectivity index (χ1v) is 5.02. The van der Waals surface area contributed by atoms with Gasteiger partial charge in [-0.05, 0) is 19.3 Å². The van der Waals surface area contributed by atoms with Gasteiger partial charge in [0.15, 0.2) is 0 Å². The van der Waals surface area contributed by atoms with Crippen LogP contribution in [-0.4, -0.2) is 30.4 Å². The van der Waals surface area contributed by atoms with Gasteiger partial charge < -0.3 is 16.4 Å². The largest absolute Gasteiger partial charge is 0.354 e. The molecule has 2 amide bonds. The fourth-order valence-corrected chi connectivity index (χ4v) is 1.70. The summed E-state index contributed by atoms with van der Waals surface area (Å²) < 4.78 is 0. The van der Waals surface area contributed by atoms with Gasteiger partial charge in [0.25, 0.3) is 0 Å². The molecule has 1 aliphatic carbocycles. The second-order valence-electron chi connectivity index (χ2n) is 4.00. The number of piperidine rings is 1. The number of carbonyl (C=O) groups excluding carboxylic acids is 2. The molecule has 2 aliphatic rings. The molecular weight excluding hydrogens is 182 g/mol. The molecule has 14 heavy (non-hydrogen) atoms. The van der Waals surface area contributed by atoms with Crippen molar-refractivity contribution in [2.75, 3.05) is 6.54 Å². The molecule has 78 valence electrons. The van der Waals surface area contributed by atoms with E-state index in [1.807, 2.05) is 0 Å². The van der Waals surface area contributed by atoms with Gasteiger partial charge in [-0.1, -0.05) is 0 Å². The summed E-state index contributed by atoms with van der Waals surface area (Å²) in [5, 5.41) is 5.45. The van der Waals surface area contributed by atoms with Crippen molar-refractivity contribution < 1.29 is 9.59 Å². The van der Waals surface area contributed by atoms with E-state index in [1.165, 1.54) is 0 Å². The third-order valence-corrected chi connectivity index (χ3v) is 2.78. The highest BCUT2D eigenvalue weighted by Crippen LogP contribution is 2.27. The molecule has 0 radical (unpaired) electrons. The molecule has 3 unspecified atom stereocenters. The molecule has 1 heterocycles. The van der Waals surface area contributed by atoms with Gasteiger partial charge in [-0.2, -0.15) is 0 Å². The summed E-state index contributed by atoms with van der Waals surface area (Å²) in [7, 11) is 0. The average molecular weight is 197 g/mol. The van der Waals surface area contributed by atoms with E-state index in [0.29, 0.717) is 6.54 Å². The van der Waals surface area contributed by atoms with E-state index < -0.39 is 0 Å². The van der Waals surface area contributed by atoms with Gasteiger partial charge in [0.2, 0.25) is 11.8 Å². The molecule has 2 fully saturated rings. The standard InChI is InChI=1S/C9H15N3O2/c10-6-4-5(6)8(13)12-7-2-1-3-11-9(7)14/h5-7H,1-4,10H2,(H,11,14)(H,12,13). The summed E-state index contributed by atoms with van der Waals surface area (Å²) in [6.45, 7) is 0.716. The zero-order chi connectivity index (χ0) is 10.1. The Hall–Kier alpha value is -1.10. The molecule has 0 aromatic heterocycles. The van der Waals surface area contributed by atoms with Crippen LogP contribution in [0.4, 0.5) is 0 Å². The minimum atomic E-state index is -0.343. The van der Waals surface area contributed by atoms with E-state index in [9.17, 15) is 9.59 Å². The maximum Gasteiger partial charge on any atom is 0.242 e. The van der Waals surface area contributed by atoms with Crippen LogP contribution in [-0.2, 0) is 9.59 Å². The lowest BCUT2D eigenvalue weighted by molar-refractivity contribution is -0.130. The predicted molar refractivity (Wildman–Crippen MR) is 50.3 cm³/mol. The van der Waals surface area contributed by atoms with Crippen LogP contribution in [0.1, 0.15) is 19.3 Å². The SMILES string of the molecule is NC1CC1C(=O)NC1CCCNC1=O. The van der Waals surface area contributed by atoms with Crippen molar-refractivity contribution in [3.63, 3.8) is 0 Å². The van der Waals surface area contributed by atoms with Gasteiger partial charge in [-0.15, -0.1) is 0 Å². The predicted octanol–water partition coefficient (Wildman–Crippen LogP) is -1.27. The zero-order valence-electron chi connectivity index (χ0n) is 7.95. The highest BCUT2D eigenvalue weighted by atomic mass is 16.2. The van der Waals surface area contributed by atoms with Crippen LogP contribution in [0.5, 0.6) is 0 Å². The van der Waals surface area contributed by atoms with E-state index in [1.54, 1.807) is 0 Å². The van der Waals surface area contributed by atoms with Gasteiger partial charge in [0.1, 0.15) is 6.04 Å². The van der Waals surface area contributed by atoms with Gasteiger partial charge in [-0.3, -0.25) is 9.59 Å². The summed E-state index contributed by atoms with van der Waals surface area (Å²) in [5.74, 6) is -0.205. The number of amides is 2. The summed E-state index contributed by atoms with van der Waals surface area (Å²) in [6.07, 6.45) is 2.41. The molecule has 0 aromatic carbocycles. The summed E-state index contributed by atoms with van der Waals surface area (Å²) >= 11 is 0. The highest BCUT2D eigenvalue weighted by Gasteiger charge is 2.41. The topological polar surface area (TPSA) is 84.2 Å². The van der Waals surface area contributed by atoms with Crippen molar-refractivity contribution in [2.45, 2.75) is 31.3 Å². The quantitative estimate of drug-likeness (QED) is 0.516. The summed E-state index contributed by atoms with van der Waals surface area (Å²) in [5.41, 5.74) is 5.55. The molecule has 4 N–H and O–H groups in total. The smallest absolute Gasteiger partial charge is 0.242 e. The van der Waals surface area contributed by atoms with Crippen LogP contribution >= 0.6 is 0 Å². The normalized spacial score (nSPS) is 36.1. The van der Waals surface area contributed by atoms with E-state index >= 15 is 0 Å². The number of hydrogen-bond donors (Lipinski definition) is 3. The summed E-state index contributed by atoms with van der Waals surface area (Å²) in [4.78, 5) is 22.8. The highest BCUT2D eigenvalue weighted by molar-refractivity contribution is 5.90. The van der Waals surface area contributed by atoms with Gasteiger partial charge in [-0.25, -0.2) is 0 Å². The van der Waals surface area contributed by atoms with Crippen molar-refractivity contribution >= 4 is 11.8 Å². The Morgan fingerprint density at radius 1 is 1.57 bits per heavy atom. The molecule has 5 nitrogen and oxygen atoms in total. The molecule has 0 bridgehead atoms. The lowest BCUT2D eigenvalue weighted by Gasteiger charge is -2.22. The molecule has 1 aliphatic heterocycles. The van der Waals surface area contributed by atoms with Crippen LogP contribution in [0.2, 0.25) is 0 Å². The van der Waals surface area contributed by atoms with Crippen molar-refractivity contribution in [1.29, 1.82) is 0 Å². The molecule has 1 saturated carbocycles. The van der Waals surface area contributed by atoms with Crippen LogP contribution in [0.15, 0.2) is 0 Å². The lowest BCUT2D eigenvalue weighted by atomic mass is 10.1. The molecule has 2 rings (SSSR count). The Kier molecular flexibility index (Phi) is 2.41. The first-order valence-electron chi connectivity index (χ1n) is 5.02. The zero-order valence-corrected chi connectivity index (χ0v) is 7.95. The molecular formula is C9H15N3O2. The Labute approximate surface area is 82.4 Å². The number of nitrogens with two attached hydrogens (primary N) is 1. The van der Waals surface area contributed by atoms with Crippen LogP contribution < -0.4 is 16.4 Å². The maximum absolute atomic E-state index is 11.5. The minimum absolute atomic E-state index is 0.00153. The van der Waals surface area contributed by atoms with Crippen LogP contribution in [0, 0.1) is 5.92 Å². The van der Waals surface area contributed by atoms with E-state index in [-0.39, 0.29) is 29.8 Å². The fourth-order valence-electron chi connectivity index (χ4n) is 1.70. The Morgan fingerprint density at radius 3 is 2.86 bits per heavy atom. The van der Waals surface area contributed by atoms with Crippen molar-refractivity contribution in [1.82, 2.24) is 10.6 Å². The molecule has 3 atom stereocenters. The Balaban J connectivity index is 1.83. The van der Waals surface area contributed by atoms with Gasteiger partial charge >= 0.3 is 0 Å². The number of carbonyl (C=O) groups is 2. The first kappa shape index (κ1) is 9.45. The summed E-state index contributed by atoms with van der Waals surface area (Å²) in [6, 6.07) is -0.342. The van der Waals surface area contributed by atoms with E-state index in [2.05, 4.69) is 10.6 Å². The first-order chi connectivity index (χ1) is 6.68. The van der Waals surface area contributed by atoms with Gasteiger partial charge in [0.05, 0.1) is 5.92 Å². The van der Waals surface area contributed by atoms with E-state index in [0.717, 1.165) is 19.3 Å². The third kappa shape index (κ3) is 1.87. The number of rotatable bonds is 2. The molecule has 5 heteroatoms. The second kappa shape index (κ2) is 3.57. The number of hydrogen-bond acceptors (Lipinski definition) is 3. The van der Waals surface area contributed by atoms with Crippen molar-refractivity contribution in [3.8, 4) is 0 Å². The van der Waals surface area contributed by atoms with Crippen LogP contribution in [0.25, 0.3) is 0 Å². The maximum atomic E-state index is 11.5. The Bertz CT molecular complexity index is 267. The fraction of sp³-hybridized carbons (Fsp3) is 0.778. The van der Waals surface area contributed by atoms with Crippen molar-refractivity contribution in [2.24, 2.45) is 11.7 Å². The molecule has 1 saturated heterocycles. The number of nitrogens with one attached hydrogen (secondary N) is 2. The third-order valence-electron chi connectivity index (χ3n) is 2.78. The second-order valence-corrected chi connectivity index (χ2v) is 4.00. The molecule has 0 aromatic rings. The van der Waals surface area contributed by atoms with Crippen LogP contribution in [0.3, 0.4) is 0 Å². The van der Waals surface area contributed by atoms with Crippen molar-refractivity contribution in [3.05, 3.63) is 0 Å². The lowest BCUT2D eigenvalue weighted by Crippen LogP contribution is -2.50. The van der Waals surface area contributed by atoms with Gasteiger partial charge in [0, 0.05) is 12.6 Å². The average Bonchev–Trinajstić information content (AvgIpc) is 2.87.